The summed E-state index contributed by atoms with van der Waals surface area (Å²) in [4.78, 5) is 2.86. The van der Waals surface area contributed by atoms with Gasteiger partial charge in [0, 0.05) is 4.91 Å². The van der Waals surface area contributed by atoms with E-state index in [1.54, 1.807) is 7.11 Å². The lowest BCUT2D eigenvalue weighted by atomic mass is 10.1. The van der Waals surface area contributed by atoms with Crippen molar-refractivity contribution in [3.8, 4) is 5.75 Å². The molecule has 14 heavy (non-hydrogen) atoms. The average molecular weight is 189 g/mol. The molecule has 0 radical (unpaired) electrons. The molecule has 4 nitrogen and oxygen atoms in total. The molecule has 1 unspecified atom stereocenters. The molecule has 1 aliphatic carbocycles. The molecular weight excluding hydrogens is 178 g/mol. The number of nitrogens with zero attached hydrogens (tertiary/aromatic N) is 3. The number of fused-ring (bicyclic) bond motifs is 1. The molecule has 0 bridgehead atoms. The van der Waals surface area contributed by atoms with Crippen LogP contribution in [0.3, 0.4) is 0 Å². The zero-order valence-electron chi connectivity index (χ0n) is 7.97. The lowest BCUT2D eigenvalue weighted by Gasteiger charge is -2.06. The van der Waals surface area contributed by atoms with Crippen molar-refractivity contribution in [2.75, 3.05) is 7.11 Å². The molecule has 1 aromatic carbocycles. The van der Waals surface area contributed by atoms with Gasteiger partial charge in [0.1, 0.15) is 5.75 Å². The lowest BCUT2D eigenvalue weighted by Crippen LogP contribution is -1.90. The second-order valence-electron chi connectivity index (χ2n) is 3.32. The summed E-state index contributed by atoms with van der Waals surface area (Å²) in [7, 11) is 1.64. The number of rotatable bonds is 2. The Labute approximate surface area is 82.1 Å². The summed E-state index contributed by atoms with van der Waals surface area (Å²) in [6.07, 6.45) is 1.90. The maximum absolute atomic E-state index is 8.41. The highest BCUT2D eigenvalue weighted by atomic mass is 16.5. The predicted octanol–water partition coefficient (Wildman–Crippen LogP) is 2.99. The SMILES string of the molecule is COc1ccc2c(c1)C(N=[N+]=[N-])CC2. The van der Waals surface area contributed by atoms with Gasteiger partial charge in [-0.3, -0.25) is 0 Å². The van der Waals surface area contributed by atoms with E-state index in [-0.39, 0.29) is 6.04 Å². The van der Waals surface area contributed by atoms with Crippen LogP contribution in [-0.4, -0.2) is 7.11 Å². The second-order valence-corrected chi connectivity index (χ2v) is 3.32. The highest BCUT2D eigenvalue weighted by Crippen LogP contribution is 2.36. The number of hydrogen-bond acceptors (Lipinski definition) is 2. The summed E-state index contributed by atoms with van der Waals surface area (Å²) in [5, 5.41) is 3.77. The summed E-state index contributed by atoms with van der Waals surface area (Å²) in [6, 6.07) is 5.94. The fourth-order valence-electron chi connectivity index (χ4n) is 1.87. The van der Waals surface area contributed by atoms with Gasteiger partial charge < -0.3 is 4.74 Å². The second kappa shape index (κ2) is 3.60. The molecule has 2 rings (SSSR count). The van der Waals surface area contributed by atoms with Gasteiger partial charge in [-0.25, -0.2) is 0 Å². The number of benzene rings is 1. The van der Waals surface area contributed by atoms with Crippen LogP contribution in [-0.2, 0) is 6.42 Å². The number of hydrogen-bond donors (Lipinski definition) is 0. The van der Waals surface area contributed by atoms with Crippen molar-refractivity contribution in [1.29, 1.82) is 0 Å². The third-order valence-corrected chi connectivity index (χ3v) is 2.59. The number of azide groups is 1. The molecule has 0 N–H and O–H groups in total. The van der Waals surface area contributed by atoms with Crippen LogP contribution in [0.5, 0.6) is 5.75 Å². The summed E-state index contributed by atoms with van der Waals surface area (Å²) in [6.45, 7) is 0. The first-order valence-corrected chi connectivity index (χ1v) is 4.56. The van der Waals surface area contributed by atoms with Gasteiger partial charge in [0.15, 0.2) is 0 Å². The van der Waals surface area contributed by atoms with Gasteiger partial charge in [-0.15, -0.1) is 0 Å². The molecule has 0 heterocycles. The topological polar surface area (TPSA) is 58.0 Å². The minimum Gasteiger partial charge on any atom is -0.497 e. The molecule has 1 atom stereocenters. The van der Waals surface area contributed by atoms with Crippen molar-refractivity contribution >= 4 is 0 Å². The third kappa shape index (κ3) is 1.40. The monoisotopic (exact) mass is 189 g/mol. The maximum Gasteiger partial charge on any atom is 0.119 e. The Kier molecular flexibility index (Phi) is 2.29. The lowest BCUT2D eigenvalue weighted by molar-refractivity contribution is 0.414. The van der Waals surface area contributed by atoms with Crippen LogP contribution in [0.15, 0.2) is 23.3 Å². The number of ether oxygens (including phenoxy) is 1. The van der Waals surface area contributed by atoms with Crippen LogP contribution in [0.1, 0.15) is 23.6 Å². The Morgan fingerprint density at radius 2 is 2.43 bits per heavy atom. The summed E-state index contributed by atoms with van der Waals surface area (Å²) in [5.74, 6) is 0.823. The van der Waals surface area contributed by atoms with E-state index in [0.717, 1.165) is 24.2 Å². The molecule has 0 aliphatic heterocycles. The maximum atomic E-state index is 8.41. The van der Waals surface area contributed by atoms with Crippen molar-refractivity contribution in [3.63, 3.8) is 0 Å². The van der Waals surface area contributed by atoms with E-state index in [0.29, 0.717) is 0 Å². The minimum atomic E-state index is -0.00917. The molecule has 0 saturated heterocycles. The van der Waals surface area contributed by atoms with Gasteiger partial charge in [-0.05, 0) is 41.6 Å². The summed E-state index contributed by atoms with van der Waals surface area (Å²) >= 11 is 0. The van der Waals surface area contributed by atoms with Gasteiger partial charge in [0.05, 0.1) is 13.2 Å². The van der Waals surface area contributed by atoms with E-state index in [1.165, 1.54) is 5.56 Å². The fourth-order valence-corrected chi connectivity index (χ4v) is 1.87. The number of aryl methyl sites for hydroxylation is 1. The summed E-state index contributed by atoms with van der Waals surface area (Å²) in [5.41, 5.74) is 10.8. The normalized spacial score (nSPS) is 18.5. The van der Waals surface area contributed by atoms with Crippen molar-refractivity contribution in [1.82, 2.24) is 0 Å². The van der Waals surface area contributed by atoms with Crippen LogP contribution >= 0.6 is 0 Å². The van der Waals surface area contributed by atoms with Crippen molar-refractivity contribution in [2.45, 2.75) is 18.9 Å². The first-order valence-electron chi connectivity index (χ1n) is 4.56. The van der Waals surface area contributed by atoms with Gasteiger partial charge in [-0.2, -0.15) is 0 Å². The zero-order chi connectivity index (χ0) is 9.97. The van der Waals surface area contributed by atoms with Crippen LogP contribution in [0.25, 0.3) is 10.4 Å². The van der Waals surface area contributed by atoms with Crippen molar-refractivity contribution in [3.05, 3.63) is 39.8 Å². The van der Waals surface area contributed by atoms with Gasteiger partial charge >= 0.3 is 0 Å². The molecule has 0 spiro atoms. The van der Waals surface area contributed by atoms with Crippen molar-refractivity contribution in [2.24, 2.45) is 5.11 Å². The first kappa shape index (κ1) is 8.91. The molecule has 4 heteroatoms. The zero-order valence-corrected chi connectivity index (χ0v) is 7.97. The van der Waals surface area contributed by atoms with E-state index in [4.69, 9.17) is 10.3 Å². The molecule has 1 aliphatic rings. The smallest absolute Gasteiger partial charge is 0.119 e. The first-order chi connectivity index (χ1) is 6.85. The van der Waals surface area contributed by atoms with Gasteiger partial charge in [0.25, 0.3) is 0 Å². The third-order valence-electron chi connectivity index (χ3n) is 2.59. The van der Waals surface area contributed by atoms with E-state index >= 15 is 0 Å². The van der Waals surface area contributed by atoms with E-state index in [9.17, 15) is 0 Å². The molecular formula is C10H11N3O. The highest BCUT2D eigenvalue weighted by molar-refractivity contribution is 5.40. The Balaban J connectivity index is 2.41. The highest BCUT2D eigenvalue weighted by Gasteiger charge is 2.21. The van der Waals surface area contributed by atoms with Gasteiger partial charge in [0.2, 0.25) is 0 Å². The van der Waals surface area contributed by atoms with Crippen LogP contribution in [0.4, 0.5) is 0 Å². The molecule has 0 aromatic heterocycles. The Morgan fingerprint density at radius 1 is 1.57 bits per heavy atom. The van der Waals surface area contributed by atoms with Crippen LogP contribution in [0.2, 0.25) is 0 Å². The molecule has 0 amide bonds. The van der Waals surface area contributed by atoms with Crippen molar-refractivity contribution < 1.29 is 4.74 Å². The summed E-state index contributed by atoms with van der Waals surface area (Å²) < 4.78 is 5.13. The number of methoxy groups -OCH3 is 1. The Bertz CT molecular complexity index is 396. The Morgan fingerprint density at radius 3 is 3.14 bits per heavy atom. The van der Waals surface area contributed by atoms with Crippen LogP contribution < -0.4 is 4.74 Å². The van der Waals surface area contributed by atoms with E-state index in [1.807, 2.05) is 18.2 Å². The van der Waals surface area contributed by atoms with Crippen LogP contribution in [0, 0.1) is 0 Å². The average Bonchev–Trinajstić information content (AvgIpc) is 2.61. The largest absolute Gasteiger partial charge is 0.497 e. The van der Waals surface area contributed by atoms with E-state index < -0.39 is 0 Å². The molecule has 1 aromatic rings. The molecule has 0 fully saturated rings. The van der Waals surface area contributed by atoms with Gasteiger partial charge in [-0.1, -0.05) is 11.2 Å². The minimum absolute atomic E-state index is 0.00917. The fraction of sp³-hybridized carbons (Fsp3) is 0.400. The molecule has 0 saturated carbocycles. The predicted molar refractivity (Wildman–Crippen MR) is 53.2 cm³/mol. The standard InChI is InChI=1S/C10H11N3O/c1-14-8-4-2-7-3-5-10(12-13-11)9(7)6-8/h2,4,6,10H,3,5H2,1H3. The van der Waals surface area contributed by atoms with E-state index in [2.05, 4.69) is 10.0 Å². The quantitative estimate of drug-likeness (QED) is 0.400. The Hall–Kier alpha value is -1.67. The molecule has 72 valence electrons.